The Bertz CT molecular complexity index is 2850. The van der Waals surface area contributed by atoms with Crippen molar-refractivity contribution in [1.29, 1.82) is 0 Å². The number of benzene rings is 6. The Morgan fingerprint density at radius 1 is 0.611 bits per heavy atom. The van der Waals surface area contributed by atoms with Crippen LogP contribution in [-0.4, -0.2) is 0 Å². The number of halogens is 1. The van der Waals surface area contributed by atoms with E-state index in [0.717, 1.165) is 70.6 Å². The van der Waals surface area contributed by atoms with Gasteiger partial charge in [-0.1, -0.05) is 140 Å². The molecule has 0 radical (unpaired) electrons. The number of hydrogen-bond donors (Lipinski definition) is 0. The Morgan fingerprint density at radius 3 is 1.72 bits per heavy atom. The van der Waals surface area contributed by atoms with Gasteiger partial charge >= 0.3 is 0 Å². The van der Waals surface area contributed by atoms with Crippen molar-refractivity contribution in [2.75, 3.05) is 4.90 Å². The van der Waals surface area contributed by atoms with E-state index in [0.29, 0.717) is 5.92 Å². The number of hydrogen-bond acceptors (Lipinski definition) is 3. The molecule has 2 atom stereocenters. The number of furan rings is 2. The van der Waals surface area contributed by atoms with Crippen molar-refractivity contribution in [3.8, 4) is 22.3 Å². The molecular formula is C50H36BrNO2. The number of fused-ring (bicyclic) bond motifs is 9. The second-order valence-corrected chi connectivity index (χ2v) is 16.3. The lowest BCUT2D eigenvalue weighted by Gasteiger charge is -2.45. The van der Waals surface area contributed by atoms with Crippen LogP contribution in [0.3, 0.4) is 0 Å². The highest BCUT2D eigenvalue weighted by Crippen LogP contribution is 2.55. The molecule has 8 aromatic rings. The van der Waals surface area contributed by atoms with Crippen molar-refractivity contribution >= 4 is 71.2 Å². The minimum absolute atomic E-state index is 0.279. The SMILES string of the molecule is CC1C=CC(N2c3ccc(-c4cccc5c4oc4ccccc45)cc3C(C)(C)c3cc(-c4cccc5c4oc4ccccc45)ccc32)=C2C(Br)=CC=CC21. The average Bonchev–Trinajstić information content (AvgIpc) is 3.78. The zero-order valence-electron chi connectivity index (χ0n) is 30.2. The Morgan fingerprint density at radius 2 is 1.15 bits per heavy atom. The summed E-state index contributed by atoms with van der Waals surface area (Å²) in [6, 6.07) is 43.7. The van der Waals surface area contributed by atoms with Gasteiger partial charge in [0.1, 0.15) is 22.3 Å². The predicted octanol–water partition coefficient (Wildman–Crippen LogP) is 14.5. The third kappa shape index (κ3) is 4.47. The van der Waals surface area contributed by atoms with Crippen LogP contribution in [0.25, 0.3) is 66.1 Å². The molecule has 3 heterocycles. The highest BCUT2D eigenvalue weighted by Gasteiger charge is 2.40. The van der Waals surface area contributed by atoms with Gasteiger partial charge in [0, 0.05) is 48.5 Å². The summed E-state index contributed by atoms with van der Waals surface area (Å²) in [5.74, 6) is 0.668. The molecule has 0 bridgehead atoms. The first-order valence-electron chi connectivity index (χ1n) is 18.7. The molecule has 3 aliphatic rings. The zero-order chi connectivity index (χ0) is 36.3. The molecule has 1 aliphatic heterocycles. The standard InChI is InChI=1S/C50H36BrNO2/c1-29-21-24-44(47-32(29)13-10-18-41(47)51)52-42-25-22-30(33-14-8-16-37-35-11-4-6-19-45(35)53-48(33)37)27-39(42)50(2,3)40-28-31(23-26-43(40)52)34-15-9-17-38-36-12-5-7-20-46(36)54-49(34)38/h4-29,32H,1-3H3. The van der Waals surface area contributed by atoms with Crippen LogP contribution in [0.2, 0.25) is 0 Å². The van der Waals surface area contributed by atoms with Crippen molar-refractivity contribution in [1.82, 2.24) is 0 Å². The molecule has 4 heteroatoms. The molecule has 11 rings (SSSR count). The van der Waals surface area contributed by atoms with E-state index in [1.807, 2.05) is 12.1 Å². The van der Waals surface area contributed by atoms with Gasteiger partial charge in [-0.3, -0.25) is 0 Å². The van der Waals surface area contributed by atoms with Gasteiger partial charge in [-0.15, -0.1) is 0 Å². The molecule has 3 nitrogen and oxygen atoms in total. The Kier molecular flexibility index (Phi) is 6.79. The highest BCUT2D eigenvalue weighted by atomic mass is 79.9. The summed E-state index contributed by atoms with van der Waals surface area (Å²) in [4.78, 5) is 2.51. The number of allylic oxidation sites excluding steroid dienone is 7. The maximum Gasteiger partial charge on any atom is 0.143 e. The summed E-state index contributed by atoms with van der Waals surface area (Å²) in [6.45, 7) is 7.06. The van der Waals surface area contributed by atoms with Gasteiger partial charge in [0.25, 0.3) is 0 Å². The smallest absolute Gasteiger partial charge is 0.143 e. The van der Waals surface area contributed by atoms with Crippen LogP contribution in [-0.2, 0) is 5.41 Å². The fourth-order valence-electron chi connectivity index (χ4n) is 9.27. The monoisotopic (exact) mass is 761 g/mol. The first-order valence-corrected chi connectivity index (χ1v) is 19.5. The van der Waals surface area contributed by atoms with Crippen LogP contribution in [0.4, 0.5) is 11.4 Å². The van der Waals surface area contributed by atoms with Crippen LogP contribution in [0.1, 0.15) is 31.9 Å². The molecular weight excluding hydrogens is 726 g/mol. The normalized spacial score (nSPS) is 18.7. The van der Waals surface area contributed by atoms with Crippen molar-refractivity contribution < 1.29 is 8.83 Å². The summed E-state index contributed by atoms with van der Waals surface area (Å²) in [6.07, 6.45) is 11.4. The van der Waals surface area contributed by atoms with Crippen molar-refractivity contribution in [2.45, 2.75) is 26.2 Å². The summed E-state index contributed by atoms with van der Waals surface area (Å²) >= 11 is 4.00. The fourth-order valence-corrected chi connectivity index (χ4v) is 9.89. The van der Waals surface area contributed by atoms with E-state index in [1.165, 1.54) is 33.8 Å². The van der Waals surface area contributed by atoms with E-state index in [4.69, 9.17) is 8.83 Å². The van der Waals surface area contributed by atoms with Gasteiger partial charge in [0.05, 0.1) is 17.1 Å². The minimum Gasteiger partial charge on any atom is -0.455 e. The fraction of sp³-hybridized carbons (Fsp3) is 0.120. The highest BCUT2D eigenvalue weighted by molar-refractivity contribution is 9.12. The summed E-state index contributed by atoms with van der Waals surface area (Å²) in [7, 11) is 0. The lowest BCUT2D eigenvalue weighted by molar-refractivity contribution is 0.572. The van der Waals surface area contributed by atoms with Crippen LogP contribution in [0.15, 0.2) is 176 Å². The Hall–Kier alpha value is -5.84. The summed E-state index contributed by atoms with van der Waals surface area (Å²) < 4.78 is 14.2. The maximum absolute atomic E-state index is 6.56. The average molecular weight is 763 g/mol. The van der Waals surface area contributed by atoms with Gasteiger partial charge < -0.3 is 13.7 Å². The Labute approximate surface area is 322 Å². The minimum atomic E-state index is -0.341. The van der Waals surface area contributed by atoms with Crippen molar-refractivity contribution in [3.05, 3.63) is 179 Å². The Balaban J connectivity index is 1.16. The number of para-hydroxylation sites is 4. The van der Waals surface area contributed by atoms with E-state index in [9.17, 15) is 0 Å². The van der Waals surface area contributed by atoms with Gasteiger partial charge in [0.15, 0.2) is 0 Å². The number of anilines is 2. The van der Waals surface area contributed by atoms with Gasteiger partial charge in [-0.05, 0) is 82.3 Å². The molecule has 0 saturated heterocycles. The molecule has 0 spiro atoms. The molecule has 6 aromatic carbocycles. The number of nitrogens with zero attached hydrogens (tertiary/aromatic N) is 1. The van der Waals surface area contributed by atoms with E-state index >= 15 is 0 Å². The quantitative estimate of drug-likeness (QED) is 0.180. The van der Waals surface area contributed by atoms with Crippen LogP contribution in [0, 0.1) is 11.8 Å². The van der Waals surface area contributed by atoms with E-state index in [2.05, 4.69) is 181 Å². The molecule has 0 fully saturated rings. The molecule has 260 valence electrons. The number of rotatable bonds is 3. The summed E-state index contributed by atoms with van der Waals surface area (Å²) in [5, 5.41) is 4.55. The molecule has 0 amide bonds. The first kappa shape index (κ1) is 31.7. The van der Waals surface area contributed by atoms with E-state index < -0.39 is 0 Å². The second-order valence-electron chi connectivity index (χ2n) is 15.4. The van der Waals surface area contributed by atoms with Gasteiger partial charge in [-0.25, -0.2) is 0 Å². The second kappa shape index (κ2) is 11.6. The summed E-state index contributed by atoms with van der Waals surface area (Å²) in [5.41, 5.74) is 15.2. The third-order valence-corrected chi connectivity index (χ3v) is 12.7. The topological polar surface area (TPSA) is 29.5 Å². The molecule has 0 saturated carbocycles. The largest absolute Gasteiger partial charge is 0.455 e. The lowest BCUT2D eigenvalue weighted by atomic mass is 9.71. The van der Waals surface area contributed by atoms with Crippen LogP contribution in [0.5, 0.6) is 0 Å². The maximum atomic E-state index is 6.56. The molecule has 54 heavy (non-hydrogen) atoms. The lowest BCUT2D eigenvalue weighted by Crippen LogP contribution is -2.34. The van der Waals surface area contributed by atoms with E-state index in [-0.39, 0.29) is 11.3 Å². The van der Waals surface area contributed by atoms with Crippen LogP contribution < -0.4 is 4.90 Å². The van der Waals surface area contributed by atoms with Crippen molar-refractivity contribution in [3.63, 3.8) is 0 Å². The predicted molar refractivity (Wildman–Crippen MR) is 228 cm³/mol. The van der Waals surface area contributed by atoms with E-state index in [1.54, 1.807) is 0 Å². The molecule has 2 aliphatic carbocycles. The zero-order valence-corrected chi connectivity index (χ0v) is 31.8. The third-order valence-electron chi connectivity index (χ3n) is 12.0. The van der Waals surface area contributed by atoms with Crippen molar-refractivity contribution in [2.24, 2.45) is 11.8 Å². The molecule has 2 aromatic heterocycles. The molecule has 2 unspecified atom stereocenters. The molecule has 0 N–H and O–H groups in total. The van der Waals surface area contributed by atoms with Gasteiger partial charge in [-0.2, -0.15) is 0 Å². The van der Waals surface area contributed by atoms with Crippen LogP contribution >= 0.6 is 15.9 Å². The van der Waals surface area contributed by atoms with Gasteiger partial charge in [0.2, 0.25) is 0 Å². The first-order chi connectivity index (χ1) is 26.4.